The highest BCUT2D eigenvalue weighted by Gasteiger charge is 2.26. The van der Waals surface area contributed by atoms with Crippen LogP contribution in [0.2, 0.25) is 0 Å². The van der Waals surface area contributed by atoms with Crippen molar-refractivity contribution < 1.29 is 14.3 Å². The molecule has 0 aliphatic carbocycles. The van der Waals surface area contributed by atoms with E-state index in [-0.39, 0.29) is 18.2 Å². The number of carbonyl (C=O) groups excluding carboxylic acids is 1. The summed E-state index contributed by atoms with van der Waals surface area (Å²) in [5.41, 5.74) is 0.730. The minimum absolute atomic E-state index is 0.180. The van der Waals surface area contributed by atoms with E-state index in [2.05, 4.69) is 9.88 Å². The number of aromatic nitrogens is 1. The Bertz CT molecular complexity index is 437. The van der Waals surface area contributed by atoms with E-state index in [1.54, 1.807) is 0 Å². The van der Waals surface area contributed by atoms with Gasteiger partial charge in [0.2, 0.25) is 0 Å². The van der Waals surface area contributed by atoms with Crippen LogP contribution in [0.15, 0.2) is 0 Å². The van der Waals surface area contributed by atoms with Gasteiger partial charge in [-0.05, 0) is 20.8 Å². The second-order valence-corrected chi connectivity index (χ2v) is 5.54. The number of esters is 1. The van der Waals surface area contributed by atoms with E-state index in [0.717, 1.165) is 23.9 Å². The molecular weight excluding hydrogens is 252 g/mol. The van der Waals surface area contributed by atoms with E-state index in [0.29, 0.717) is 4.88 Å². The number of nitrogens with zero attached hydrogens (tertiary/aromatic N) is 2. The lowest BCUT2D eigenvalue weighted by Gasteiger charge is -2.35. The summed E-state index contributed by atoms with van der Waals surface area (Å²) in [5, 5.41) is 0.870. The van der Waals surface area contributed by atoms with E-state index in [1.807, 2.05) is 20.8 Å². The Labute approximate surface area is 111 Å². The zero-order valence-corrected chi connectivity index (χ0v) is 11.9. The number of thiazole rings is 1. The number of hydrogen-bond donors (Lipinski definition) is 0. The lowest BCUT2D eigenvalue weighted by Crippen LogP contribution is -2.45. The van der Waals surface area contributed by atoms with Gasteiger partial charge in [-0.2, -0.15) is 0 Å². The van der Waals surface area contributed by atoms with Crippen molar-refractivity contribution in [2.45, 2.75) is 33.0 Å². The maximum atomic E-state index is 11.6. The monoisotopic (exact) mass is 270 g/mol. The van der Waals surface area contributed by atoms with Crippen LogP contribution in [-0.2, 0) is 9.47 Å². The van der Waals surface area contributed by atoms with Gasteiger partial charge in [-0.25, -0.2) is 9.78 Å². The smallest absolute Gasteiger partial charge is 0.350 e. The van der Waals surface area contributed by atoms with E-state index in [1.165, 1.54) is 18.4 Å². The first-order valence-corrected chi connectivity index (χ1v) is 6.79. The fraction of sp³-hybridized carbons (Fsp3) is 0.667. The van der Waals surface area contributed by atoms with Gasteiger partial charge in [-0.3, -0.25) is 0 Å². The summed E-state index contributed by atoms with van der Waals surface area (Å²) in [4.78, 5) is 18.8. The molecule has 0 bridgehead atoms. The Hall–Kier alpha value is -1.14. The van der Waals surface area contributed by atoms with E-state index < -0.39 is 0 Å². The number of ether oxygens (including phenoxy) is 2. The molecule has 1 aromatic rings. The minimum Gasteiger partial charge on any atom is -0.465 e. The summed E-state index contributed by atoms with van der Waals surface area (Å²) in [5.74, 6) is -0.314. The van der Waals surface area contributed by atoms with Crippen molar-refractivity contribution in [3.63, 3.8) is 0 Å². The number of rotatable bonds is 2. The maximum absolute atomic E-state index is 11.6. The first-order valence-electron chi connectivity index (χ1n) is 5.97. The highest BCUT2D eigenvalue weighted by Crippen LogP contribution is 2.28. The molecule has 1 aliphatic rings. The van der Waals surface area contributed by atoms with Crippen LogP contribution < -0.4 is 4.90 Å². The number of anilines is 1. The van der Waals surface area contributed by atoms with Crippen LogP contribution in [0.4, 0.5) is 5.13 Å². The molecule has 0 saturated carbocycles. The van der Waals surface area contributed by atoms with Crippen LogP contribution in [0.5, 0.6) is 0 Å². The largest absolute Gasteiger partial charge is 0.465 e. The zero-order valence-electron chi connectivity index (χ0n) is 11.1. The topological polar surface area (TPSA) is 51.7 Å². The molecule has 1 aliphatic heterocycles. The molecule has 1 aromatic heterocycles. The van der Waals surface area contributed by atoms with Gasteiger partial charge in [0.15, 0.2) is 5.13 Å². The Kier molecular flexibility index (Phi) is 3.87. The van der Waals surface area contributed by atoms with Crippen LogP contribution in [0.3, 0.4) is 0 Å². The second-order valence-electron chi connectivity index (χ2n) is 4.56. The quantitative estimate of drug-likeness (QED) is 0.768. The summed E-state index contributed by atoms with van der Waals surface area (Å²) in [7, 11) is 1.39. The summed E-state index contributed by atoms with van der Waals surface area (Å²) in [6.45, 7) is 7.53. The maximum Gasteiger partial charge on any atom is 0.350 e. The summed E-state index contributed by atoms with van der Waals surface area (Å²) < 4.78 is 10.4. The van der Waals surface area contributed by atoms with Crippen LogP contribution in [0, 0.1) is 6.92 Å². The van der Waals surface area contributed by atoms with Gasteiger partial charge < -0.3 is 14.4 Å². The van der Waals surface area contributed by atoms with Crippen molar-refractivity contribution in [3.8, 4) is 0 Å². The Morgan fingerprint density at radius 2 is 2.06 bits per heavy atom. The predicted octanol–water partition coefficient (Wildman–Crippen LogP) is 1.85. The van der Waals surface area contributed by atoms with E-state index >= 15 is 0 Å². The summed E-state index contributed by atoms with van der Waals surface area (Å²) in [6, 6.07) is 0. The highest BCUT2D eigenvalue weighted by molar-refractivity contribution is 7.17. The van der Waals surface area contributed by atoms with E-state index in [9.17, 15) is 4.79 Å². The molecular formula is C12H18N2O3S. The molecule has 2 heterocycles. The van der Waals surface area contributed by atoms with E-state index in [4.69, 9.17) is 9.47 Å². The van der Waals surface area contributed by atoms with Crippen molar-refractivity contribution in [3.05, 3.63) is 10.6 Å². The van der Waals surface area contributed by atoms with Crippen LogP contribution in [-0.4, -0.2) is 43.4 Å². The van der Waals surface area contributed by atoms with Gasteiger partial charge in [0.05, 0.1) is 25.0 Å². The Morgan fingerprint density at radius 3 is 2.61 bits per heavy atom. The third-order valence-electron chi connectivity index (χ3n) is 2.85. The van der Waals surface area contributed by atoms with Crippen LogP contribution in [0.25, 0.3) is 0 Å². The number of methoxy groups -OCH3 is 1. The Morgan fingerprint density at radius 1 is 1.44 bits per heavy atom. The average Bonchev–Trinajstić information content (AvgIpc) is 2.69. The molecule has 2 rings (SSSR count). The lowest BCUT2D eigenvalue weighted by molar-refractivity contribution is -0.00523. The van der Waals surface area contributed by atoms with Gasteiger partial charge in [0.25, 0.3) is 0 Å². The SMILES string of the molecule is COC(=O)c1sc(N2CC(C)OC(C)C2)nc1C. The van der Waals surface area contributed by atoms with Gasteiger partial charge >= 0.3 is 5.97 Å². The molecule has 2 atom stereocenters. The number of morpholine rings is 1. The van der Waals surface area contributed by atoms with Gasteiger partial charge in [0.1, 0.15) is 4.88 Å². The molecule has 1 saturated heterocycles. The number of aryl methyl sites for hydroxylation is 1. The average molecular weight is 270 g/mol. The van der Waals surface area contributed by atoms with Crippen molar-refractivity contribution in [2.75, 3.05) is 25.1 Å². The van der Waals surface area contributed by atoms with Crippen LogP contribution >= 0.6 is 11.3 Å². The molecule has 0 aromatic carbocycles. The fourth-order valence-corrected chi connectivity index (χ4v) is 3.14. The standard InChI is InChI=1S/C12H18N2O3S/c1-7-5-14(6-8(2)17-7)12-13-9(3)10(18-12)11(15)16-4/h7-8H,5-6H2,1-4H3. The number of carbonyl (C=O) groups is 1. The predicted molar refractivity (Wildman–Crippen MR) is 70.4 cm³/mol. The molecule has 0 N–H and O–H groups in total. The lowest BCUT2D eigenvalue weighted by atomic mass is 10.2. The minimum atomic E-state index is -0.314. The normalized spacial score (nSPS) is 24.1. The van der Waals surface area contributed by atoms with Crippen molar-refractivity contribution in [1.82, 2.24) is 4.98 Å². The molecule has 2 unspecified atom stereocenters. The van der Waals surface area contributed by atoms with Crippen molar-refractivity contribution >= 4 is 22.4 Å². The molecule has 0 spiro atoms. The van der Waals surface area contributed by atoms with Crippen LogP contribution in [0.1, 0.15) is 29.2 Å². The molecule has 18 heavy (non-hydrogen) atoms. The van der Waals surface area contributed by atoms with Crippen molar-refractivity contribution in [1.29, 1.82) is 0 Å². The van der Waals surface area contributed by atoms with Gasteiger partial charge in [-0.1, -0.05) is 11.3 Å². The Balaban J connectivity index is 2.21. The van der Waals surface area contributed by atoms with Gasteiger partial charge in [-0.15, -0.1) is 0 Å². The summed E-state index contributed by atoms with van der Waals surface area (Å²) in [6.07, 6.45) is 0.360. The number of hydrogen-bond acceptors (Lipinski definition) is 6. The molecule has 5 nitrogen and oxygen atoms in total. The van der Waals surface area contributed by atoms with Crippen molar-refractivity contribution in [2.24, 2.45) is 0 Å². The third kappa shape index (κ3) is 2.64. The molecule has 6 heteroatoms. The zero-order chi connectivity index (χ0) is 13.3. The molecule has 0 amide bonds. The molecule has 0 radical (unpaired) electrons. The first kappa shape index (κ1) is 13.3. The summed E-state index contributed by atoms with van der Waals surface area (Å²) >= 11 is 1.39. The molecule has 100 valence electrons. The second kappa shape index (κ2) is 5.24. The third-order valence-corrected chi connectivity index (χ3v) is 4.04. The molecule has 1 fully saturated rings. The fourth-order valence-electron chi connectivity index (χ4n) is 2.13. The highest BCUT2D eigenvalue weighted by atomic mass is 32.1. The first-order chi connectivity index (χ1) is 8.51. The van der Waals surface area contributed by atoms with Gasteiger partial charge in [0, 0.05) is 13.1 Å².